The number of rotatable bonds is 4. The van der Waals surface area contributed by atoms with Gasteiger partial charge in [0.25, 0.3) is 0 Å². The van der Waals surface area contributed by atoms with Crippen molar-refractivity contribution >= 4 is 0 Å². The zero-order valence-electron chi connectivity index (χ0n) is 9.72. The number of hydrogen-bond acceptors (Lipinski definition) is 1. The minimum absolute atomic E-state index is 0.622. The smallest absolute Gasteiger partial charge is 0.0205 e. The van der Waals surface area contributed by atoms with Gasteiger partial charge in [-0.25, -0.2) is 0 Å². The molecule has 0 saturated heterocycles. The van der Waals surface area contributed by atoms with Crippen molar-refractivity contribution in [3.8, 4) is 0 Å². The summed E-state index contributed by atoms with van der Waals surface area (Å²) in [6.07, 6.45) is 0. The Morgan fingerprint density at radius 1 is 1.29 bits per heavy atom. The van der Waals surface area contributed by atoms with E-state index in [2.05, 4.69) is 51.2 Å². The maximum absolute atomic E-state index is 3.35. The molecule has 0 heterocycles. The number of hydrogen-bond donors (Lipinski definition) is 1. The molecule has 14 heavy (non-hydrogen) atoms. The van der Waals surface area contributed by atoms with Crippen molar-refractivity contribution in [2.45, 2.75) is 40.2 Å². The Morgan fingerprint density at radius 2 is 2.00 bits per heavy atom. The average molecular weight is 191 g/mol. The summed E-state index contributed by atoms with van der Waals surface area (Å²) in [6.45, 7) is 10.8. The summed E-state index contributed by atoms with van der Waals surface area (Å²) in [5.74, 6) is 0.622. The van der Waals surface area contributed by atoms with Gasteiger partial charge in [-0.3, -0.25) is 0 Å². The van der Waals surface area contributed by atoms with E-state index in [-0.39, 0.29) is 0 Å². The molecule has 0 spiro atoms. The third kappa shape index (κ3) is 2.85. The Bertz CT molecular complexity index is 289. The molecule has 1 aromatic rings. The lowest BCUT2D eigenvalue weighted by molar-refractivity contribution is 0.723. The molecular formula is C13H21N. The summed E-state index contributed by atoms with van der Waals surface area (Å²) >= 11 is 0. The van der Waals surface area contributed by atoms with Gasteiger partial charge in [0.05, 0.1) is 0 Å². The standard InChI is InChI=1S/C13H21N/c1-5-14-9-12-7-6-11(4)13(8-12)10(2)3/h6-8,10,14H,5,9H2,1-4H3. The van der Waals surface area contributed by atoms with E-state index in [0.717, 1.165) is 13.1 Å². The Morgan fingerprint density at radius 3 is 2.57 bits per heavy atom. The van der Waals surface area contributed by atoms with Gasteiger partial charge < -0.3 is 5.32 Å². The summed E-state index contributed by atoms with van der Waals surface area (Å²) in [5.41, 5.74) is 4.27. The van der Waals surface area contributed by atoms with Crippen LogP contribution in [0.3, 0.4) is 0 Å². The van der Waals surface area contributed by atoms with Crippen molar-refractivity contribution < 1.29 is 0 Å². The molecule has 1 N–H and O–H groups in total. The molecule has 0 aromatic heterocycles. The highest BCUT2D eigenvalue weighted by Crippen LogP contribution is 2.20. The van der Waals surface area contributed by atoms with Crippen molar-refractivity contribution in [1.29, 1.82) is 0 Å². The third-order valence-electron chi connectivity index (χ3n) is 2.54. The van der Waals surface area contributed by atoms with Crippen molar-refractivity contribution in [2.24, 2.45) is 0 Å². The summed E-state index contributed by atoms with van der Waals surface area (Å²) in [6, 6.07) is 6.76. The first-order valence-corrected chi connectivity index (χ1v) is 5.45. The zero-order valence-corrected chi connectivity index (χ0v) is 9.72. The van der Waals surface area contributed by atoms with Gasteiger partial charge in [-0.1, -0.05) is 39.0 Å². The second-order valence-corrected chi connectivity index (χ2v) is 4.13. The van der Waals surface area contributed by atoms with E-state index in [1.165, 1.54) is 16.7 Å². The molecule has 0 aliphatic carbocycles. The fourth-order valence-corrected chi connectivity index (χ4v) is 1.69. The van der Waals surface area contributed by atoms with Crippen molar-refractivity contribution in [3.05, 3.63) is 34.9 Å². The van der Waals surface area contributed by atoms with Crippen molar-refractivity contribution in [3.63, 3.8) is 0 Å². The monoisotopic (exact) mass is 191 g/mol. The normalized spacial score (nSPS) is 10.9. The molecule has 0 saturated carbocycles. The third-order valence-corrected chi connectivity index (χ3v) is 2.54. The number of benzene rings is 1. The van der Waals surface area contributed by atoms with Gasteiger partial charge in [0.15, 0.2) is 0 Å². The van der Waals surface area contributed by atoms with Gasteiger partial charge in [0, 0.05) is 6.54 Å². The highest BCUT2D eigenvalue weighted by Gasteiger charge is 2.03. The van der Waals surface area contributed by atoms with Crippen molar-refractivity contribution in [2.75, 3.05) is 6.54 Å². The first-order valence-electron chi connectivity index (χ1n) is 5.45. The van der Waals surface area contributed by atoms with Crippen LogP contribution >= 0.6 is 0 Å². The molecule has 0 aliphatic heterocycles. The second kappa shape index (κ2) is 5.16. The van der Waals surface area contributed by atoms with Gasteiger partial charge in [-0.15, -0.1) is 0 Å². The SMILES string of the molecule is CCNCc1ccc(C)c(C(C)C)c1. The summed E-state index contributed by atoms with van der Waals surface area (Å²) < 4.78 is 0. The quantitative estimate of drug-likeness (QED) is 0.770. The molecular weight excluding hydrogens is 170 g/mol. The molecule has 1 aromatic carbocycles. The minimum atomic E-state index is 0.622. The van der Waals surface area contributed by atoms with E-state index in [1.54, 1.807) is 0 Å². The zero-order chi connectivity index (χ0) is 10.6. The lowest BCUT2D eigenvalue weighted by atomic mass is 9.96. The van der Waals surface area contributed by atoms with Crippen LogP contribution in [-0.4, -0.2) is 6.54 Å². The topological polar surface area (TPSA) is 12.0 Å². The molecule has 0 aliphatic rings. The summed E-state index contributed by atoms with van der Waals surface area (Å²) in [5, 5.41) is 3.35. The van der Waals surface area contributed by atoms with Crippen LogP contribution in [0.2, 0.25) is 0 Å². The molecule has 0 radical (unpaired) electrons. The molecule has 0 bridgehead atoms. The van der Waals surface area contributed by atoms with Crippen LogP contribution in [0.1, 0.15) is 43.4 Å². The Hall–Kier alpha value is -0.820. The predicted molar refractivity (Wildman–Crippen MR) is 62.6 cm³/mol. The van der Waals surface area contributed by atoms with E-state index in [0.29, 0.717) is 5.92 Å². The molecule has 0 fully saturated rings. The fourth-order valence-electron chi connectivity index (χ4n) is 1.69. The lowest BCUT2D eigenvalue weighted by Crippen LogP contribution is -2.12. The van der Waals surface area contributed by atoms with Crippen molar-refractivity contribution in [1.82, 2.24) is 5.32 Å². The molecule has 1 rings (SSSR count). The van der Waals surface area contributed by atoms with Crippen LogP contribution in [0.5, 0.6) is 0 Å². The predicted octanol–water partition coefficient (Wildman–Crippen LogP) is 3.23. The highest BCUT2D eigenvalue weighted by atomic mass is 14.8. The first-order chi connectivity index (χ1) is 6.65. The van der Waals surface area contributed by atoms with E-state index in [4.69, 9.17) is 0 Å². The van der Waals surface area contributed by atoms with Crippen LogP contribution in [0, 0.1) is 6.92 Å². The second-order valence-electron chi connectivity index (χ2n) is 4.13. The molecule has 0 atom stereocenters. The van der Waals surface area contributed by atoms with Gasteiger partial charge in [-0.05, 0) is 36.1 Å². The number of nitrogens with one attached hydrogen (secondary N) is 1. The van der Waals surface area contributed by atoms with E-state index in [1.807, 2.05) is 0 Å². The van der Waals surface area contributed by atoms with Crippen LogP contribution in [0.25, 0.3) is 0 Å². The molecule has 1 nitrogen and oxygen atoms in total. The molecule has 0 unspecified atom stereocenters. The van der Waals surface area contributed by atoms with E-state index >= 15 is 0 Å². The molecule has 78 valence electrons. The summed E-state index contributed by atoms with van der Waals surface area (Å²) in [4.78, 5) is 0. The van der Waals surface area contributed by atoms with Gasteiger partial charge >= 0.3 is 0 Å². The number of aryl methyl sites for hydroxylation is 1. The molecule has 0 amide bonds. The van der Waals surface area contributed by atoms with Crippen LogP contribution in [0.4, 0.5) is 0 Å². The van der Waals surface area contributed by atoms with E-state index < -0.39 is 0 Å². The average Bonchev–Trinajstić information content (AvgIpc) is 2.16. The van der Waals surface area contributed by atoms with Gasteiger partial charge in [0.1, 0.15) is 0 Å². The summed E-state index contributed by atoms with van der Waals surface area (Å²) in [7, 11) is 0. The maximum Gasteiger partial charge on any atom is 0.0205 e. The molecule has 1 heteroatoms. The Kier molecular flexibility index (Phi) is 4.15. The fraction of sp³-hybridized carbons (Fsp3) is 0.538. The first kappa shape index (κ1) is 11.3. The minimum Gasteiger partial charge on any atom is -0.313 e. The Labute approximate surface area is 87.5 Å². The maximum atomic E-state index is 3.35. The van der Waals surface area contributed by atoms with Crippen LogP contribution in [0.15, 0.2) is 18.2 Å². The van der Waals surface area contributed by atoms with Crippen LogP contribution < -0.4 is 5.32 Å². The van der Waals surface area contributed by atoms with Crippen LogP contribution in [-0.2, 0) is 6.54 Å². The van der Waals surface area contributed by atoms with Gasteiger partial charge in [-0.2, -0.15) is 0 Å². The highest BCUT2D eigenvalue weighted by molar-refractivity contribution is 5.33. The Balaban J connectivity index is 2.83. The van der Waals surface area contributed by atoms with E-state index in [9.17, 15) is 0 Å². The van der Waals surface area contributed by atoms with Gasteiger partial charge in [0.2, 0.25) is 0 Å². The lowest BCUT2D eigenvalue weighted by Gasteiger charge is -2.12. The largest absolute Gasteiger partial charge is 0.313 e.